The van der Waals surface area contributed by atoms with Crippen molar-refractivity contribution in [3.63, 3.8) is 0 Å². The minimum Gasteiger partial charge on any atom is -2.00 e. The maximum Gasteiger partial charge on any atom is 2.00 e. The zero-order valence-electron chi connectivity index (χ0n) is 6.10. The van der Waals surface area contributed by atoms with Gasteiger partial charge in [-0.3, -0.25) is 14.8 Å². The molecule has 2 rings (SSSR count). The number of fused-ring (bicyclic) bond motifs is 1. The molecule has 2 aromatic heterocycles. The van der Waals surface area contributed by atoms with E-state index in [1.165, 1.54) is 6.33 Å². The molecule has 7 nitrogen and oxygen atoms in total. The molecule has 0 aliphatic carbocycles. The Balaban J connectivity index is 0.000000720. The van der Waals surface area contributed by atoms with E-state index in [2.05, 4.69) is 19.9 Å². The summed E-state index contributed by atoms with van der Waals surface area (Å²) in [5, 5.41) is 0. The molecule has 0 amide bonds. The van der Waals surface area contributed by atoms with Gasteiger partial charge >= 0.3 is 22.8 Å². The molecule has 0 atom stereocenters. The van der Waals surface area contributed by atoms with Crippen LogP contribution in [0.3, 0.4) is 0 Å². The van der Waals surface area contributed by atoms with Crippen LogP contribution in [0.25, 0.3) is 11.2 Å². The van der Waals surface area contributed by atoms with Crippen LogP contribution in [-0.2, 0) is 22.5 Å². The third-order valence-electron chi connectivity index (χ3n) is 1.33. The fourth-order valence-corrected chi connectivity index (χ4v) is 0.867. The average Bonchev–Trinajstić information content (AvgIpc) is 2.34. The Morgan fingerprint density at radius 1 is 1.23 bits per heavy atom. The molecule has 0 aliphatic rings. The summed E-state index contributed by atoms with van der Waals surface area (Å²) < 4.78 is 0. The van der Waals surface area contributed by atoms with Crippen molar-refractivity contribution in [3.05, 3.63) is 27.2 Å². The van der Waals surface area contributed by atoms with E-state index < -0.39 is 11.2 Å². The van der Waals surface area contributed by atoms with Gasteiger partial charge in [0.25, 0.3) is 5.56 Å². The largest absolute Gasteiger partial charge is 2.00 e. The van der Waals surface area contributed by atoms with Gasteiger partial charge in [-0.15, -0.1) is 0 Å². The van der Waals surface area contributed by atoms with E-state index in [4.69, 9.17) is 0 Å². The van der Waals surface area contributed by atoms with E-state index in [-0.39, 0.29) is 33.7 Å². The predicted octanol–water partition coefficient (Wildman–Crippen LogP) is -1.18. The topological polar surface area (TPSA) is 123 Å². The first kappa shape index (κ1) is 11.6. The molecule has 0 unspecified atom stereocenters. The van der Waals surface area contributed by atoms with Gasteiger partial charge in [0.15, 0.2) is 5.65 Å². The minimum absolute atomic E-state index is 0. The molecule has 0 bridgehead atoms. The third kappa shape index (κ3) is 1.86. The Morgan fingerprint density at radius 3 is 2.62 bits per heavy atom. The summed E-state index contributed by atoms with van der Waals surface area (Å²) >= 11 is 0. The Kier molecular flexibility index (Phi) is 3.61. The molecule has 13 heavy (non-hydrogen) atoms. The molecular weight excluding hydrogens is 220 g/mol. The Hall–Kier alpha value is -1.37. The van der Waals surface area contributed by atoms with Crippen molar-refractivity contribution in [1.82, 2.24) is 19.9 Å². The zero-order valence-corrected chi connectivity index (χ0v) is 7.21. The second-order valence-corrected chi connectivity index (χ2v) is 2.03. The standard InChI is InChI=1S/C5H4N4O2.Fe.O/c10-4-2-3(7-1-6-2)8-5(11)9-4;;/h1H,(H3,6,7,8,9,10,11);;/q;+2;-2. The van der Waals surface area contributed by atoms with Gasteiger partial charge in [0.05, 0.1) is 6.33 Å². The van der Waals surface area contributed by atoms with Gasteiger partial charge in [-0.2, -0.15) is 0 Å². The number of nitrogens with one attached hydrogen (secondary N) is 3. The number of hydrogen-bond donors (Lipinski definition) is 3. The monoisotopic (exact) mass is 224 g/mol. The molecule has 0 aromatic carbocycles. The molecule has 3 N–H and O–H groups in total. The number of hydrogen-bond acceptors (Lipinski definition) is 3. The van der Waals surface area contributed by atoms with Crippen molar-refractivity contribution in [1.29, 1.82) is 0 Å². The molecule has 0 saturated carbocycles. The second-order valence-electron chi connectivity index (χ2n) is 2.03. The number of aromatic nitrogens is 4. The molecule has 0 saturated heterocycles. The van der Waals surface area contributed by atoms with E-state index in [0.717, 1.165) is 0 Å². The molecule has 0 fully saturated rings. The molecule has 0 aliphatic heterocycles. The SMILES string of the molecule is O=c1[nH]c(=O)c2[nH]cnc2[nH]1.[Fe+2].[O-2]. The van der Waals surface area contributed by atoms with E-state index in [1.807, 2.05) is 0 Å². The predicted molar refractivity (Wildman–Crippen MR) is 38.0 cm³/mol. The van der Waals surface area contributed by atoms with E-state index in [9.17, 15) is 9.59 Å². The van der Waals surface area contributed by atoms with Gasteiger partial charge in [0.2, 0.25) is 0 Å². The molecule has 70 valence electrons. The van der Waals surface area contributed by atoms with E-state index in [0.29, 0.717) is 0 Å². The van der Waals surface area contributed by atoms with Gasteiger partial charge in [-0.1, -0.05) is 0 Å². The average molecular weight is 224 g/mol. The van der Waals surface area contributed by atoms with Crippen LogP contribution >= 0.6 is 0 Å². The van der Waals surface area contributed by atoms with Crippen LogP contribution in [0.2, 0.25) is 0 Å². The molecule has 8 heteroatoms. The quantitative estimate of drug-likeness (QED) is 0.487. The van der Waals surface area contributed by atoms with Crippen LogP contribution in [0, 0.1) is 0 Å². The summed E-state index contributed by atoms with van der Waals surface area (Å²) in [7, 11) is 0. The first-order chi connectivity index (χ1) is 5.27. The minimum atomic E-state index is -0.547. The number of rotatable bonds is 0. The Morgan fingerprint density at radius 2 is 1.92 bits per heavy atom. The van der Waals surface area contributed by atoms with Crippen LogP contribution in [0.15, 0.2) is 15.9 Å². The van der Waals surface area contributed by atoms with E-state index in [1.54, 1.807) is 0 Å². The van der Waals surface area contributed by atoms with Gasteiger partial charge in [0.1, 0.15) is 5.52 Å². The van der Waals surface area contributed by atoms with Crippen LogP contribution in [0.4, 0.5) is 0 Å². The fraction of sp³-hybridized carbons (Fsp3) is 0. The summed E-state index contributed by atoms with van der Waals surface area (Å²) in [5.41, 5.74) is -0.445. The Labute approximate surface area is 81.4 Å². The zero-order chi connectivity index (χ0) is 7.84. The number of H-pyrrole nitrogens is 3. The maximum absolute atomic E-state index is 10.9. The maximum atomic E-state index is 10.9. The molecule has 2 aromatic rings. The third-order valence-corrected chi connectivity index (χ3v) is 1.33. The number of imidazole rings is 1. The van der Waals surface area contributed by atoms with Crippen LogP contribution in [0.1, 0.15) is 0 Å². The summed E-state index contributed by atoms with van der Waals surface area (Å²) in [4.78, 5) is 32.3. The van der Waals surface area contributed by atoms with Gasteiger partial charge in [-0.05, 0) is 0 Å². The summed E-state index contributed by atoms with van der Waals surface area (Å²) in [6.07, 6.45) is 1.34. The van der Waals surface area contributed by atoms with Crippen molar-refractivity contribution < 1.29 is 22.5 Å². The Bertz CT molecular complexity index is 498. The first-order valence-corrected chi connectivity index (χ1v) is 2.93. The van der Waals surface area contributed by atoms with Gasteiger partial charge < -0.3 is 10.5 Å². The molecule has 0 spiro atoms. The number of nitrogens with zero attached hydrogens (tertiary/aromatic N) is 1. The van der Waals surface area contributed by atoms with Crippen LogP contribution in [-0.4, -0.2) is 19.9 Å². The molecule has 0 radical (unpaired) electrons. The van der Waals surface area contributed by atoms with Crippen LogP contribution in [0.5, 0.6) is 0 Å². The van der Waals surface area contributed by atoms with Gasteiger partial charge in [0, 0.05) is 0 Å². The second kappa shape index (κ2) is 4.03. The van der Waals surface area contributed by atoms with Crippen molar-refractivity contribution in [2.75, 3.05) is 0 Å². The number of aromatic amines is 3. The molecule has 2 heterocycles. The van der Waals surface area contributed by atoms with Crippen molar-refractivity contribution in [2.45, 2.75) is 0 Å². The fourth-order valence-electron chi connectivity index (χ4n) is 0.867. The smallest absolute Gasteiger partial charge is 2.00 e. The van der Waals surface area contributed by atoms with E-state index >= 15 is 0 Å². The summed E-state index contributed by atoms with van der Waals surface area (Å²) in [6, 6.07) is 0. The summed E-state index contributed by atoms with van der Waals surface area (Å²) in [5.74, 6) is 0. The van der Waals surface area contributed by atoms with Crippen molar-refractivity contribution >= 4 is 11.2 Å². The van der Waals surface area contributed by atoms with Gasteiger partial charge in [-0.25, -0.2) is 9.78 Å². The molecular formula is C5H4FeN4O3. The first-order valence-electron chi connectivity index (χ1n) is 2.93. The van der Waals surface area contributed by atoms with Crippen molar-refractivity contribution in [2.24, 2.45) is 0 Å². The normalized spacial score (nSPS) is 8.92. The van der Waals surface area contributed by atoms with Crippen molar-refractivity contribution in [3.8, 4) is 0 Å². The summed E-state index contributed by atoms with van der Waals surface area (Å²) in [6.45, 7) is 0. The van der Waals surface area contributed by atoms with Crippen LogP contribution < -0.4 is 11.2 Å².